The Hall–Kier alpha value is -2.07. The Morgan fingerprint density at radius 2 is 2.21 bits per heavy atom. The Kier molecular flexibility index (Phi) is 4.02. The second kappa shape index (κ2) is 5.71. The average Bonchev–Trinajstić information content (AvgIpc) is 2.36. The number of amides is 1. The Balaban J connectivity index is 2.08. The second-order valence-electron chi connectivity index (χ2n) is 4.16. The van der Waals surface area contributed by atoms with Crippen molar-refractivity contribution in [1.29, 1.82) is 0 Å². The Morgan fingerprint density at radius 1 is 1.42 bits per heavy atom. The van der Waals surface area contributed by atoms with Crippen LogP contribution >= 0.6 is 11.6 Å². The molecular weight excluding hydrogens is 264 g/mol. The molecule has 2 aromatic rings. The van der Waals surface area contributed by atoms with Crippen LogP contribution in [0.2, 0.25) is 5.02 Å². The van der Waals surface area contributed by atoms with Crippen molar-refractivity contribution in [3.05, 3.63) is 52.8 Å². The number of hydrogen-bond acceptors (Lipinski definition) is 3. The van der Waals surface area contributed by atoms with Gasteiger partial charge in [-0.05, 0) is 30.7 Å². The van der Waals surface area contributed by atoms with Crippen molar-refractivity contribution in [2.45, 2.75) is 13.3 Å². The molecule has 0 unspecified atom stereocenters. The highest BCUT2D eigenvalue weighted by atomic mass is 35.5. The van der Waals surface area contributed by atoms with Gasteiger partial charge in [0, 0.05) is 12.3 Å². The first-order chi connectivity index (χ1) is 9.06. The molecule has 1 heterocycles. The van der Waals surface area contributed by atoms with Crippen LogP contribution in [0.15, 0.2) is 36.5 Å². The molecule has 1 amide bonds. The van der Waals surface area contributed by atoms with E-state index in [1.54, 1.807) is 12.3 Å². The number of anilines is 1. The average molecular weight is 277 g/mol. The minimum absolute atomic E-state index is 0.0589. The number of hydrogen-bond donors (Lipinski definition) is 2. The van der Waals surface area contributed by atoms with E-state index in [2.05, 4.69) is 10.3 Å². The fourth-order valence-electron chi connectivity index (χ4n) is 1.66. The second-order valence-corrected chi connectivity index (χ2v) is 4.56. The third-order valence-corrected chi connectivity index (χ3v) is 2.99. The number of carbonyl (C=O) groups excluding carboxylic acids is 1. The standard InChI is InChI=1S/C14H13ClN2O2/c1-9-3-2-6-16-13(9)8-14(19)17-12-5-4-10(18)7-11(12)15/h2-7,18H,8H2,1H3,(H,17,19). The maximum Gasteiger partial charge on any atom is 0.230 e. The number of benzene rings is 1. The number of phenols is 1. The molecule has 0 aliphatic carbocycles. The number of halogens is 1. The maximum absolute atomic E-state index is 11.9. The summed E-state index contributed by atoms with van der Waals surface area (Å²) >= 11 is 5.92. The molecule has 1 aromatic carbocycles. The molecule has 4 nitrogen and oxygen atoms in total. The summed E-state index contributed by atoms with van der Waals surface area (Å²) in [5.41, 5.74) is 2.17. The molecule has 98 valence electrons. The predicted octanol–water partition coefficient (Wildman–Crippen LogP) is 2.93. The topological polar surface area (TPSA) is 62.2 Å². The smallest absolute Gasteiger partial charge is 0.230 e. The number of nitrogens with one attached hydrogen (secondary N) is 1. The van der Waals surface area contributed by atoms with E-state index in [0.717, 1.165) is 11.3 Å². The summed E-state index contributed by atoms with van der Waals surface area (Å²) in [6.45, 7) is 1.91. The van der Waals surface area contributed by atoms with Crippen molar-refractivity contribution in [2.75, 3.05) is 5.32 Å². The number of aromatic hydroxyl groups is 1. The summed E-state index contributed by atoms with van der Waals surface area (Å²) in [5, 5.41) is 12.2. The highest BCUT2D eigenvalue weighted by Crippen LogP contribution is 2.26. The molecule has 0 fully saturated rings. The van der Waals surface area contributed by atoms with Crippen molar-refractivity contribution in [3.8, 4) is 5.75 Å². The van der Waals surface area contributed by atoms with Gasteiger partial charge in [-0.25, -0.2) is 0 Å². The molecule has 0 aliphatic heterocycles. The van der Waals surface area contributed by atoms with Gasteiger partial charge in [-0.3, -0.25) is 9.78 Å². The van der Waals surface area contributed by atoms with E-state index in [1.807, 2.05) is 19.1 Å². The van der Waals surface area contributed by atoms with Crippen LogP contribution in [0.4, 0.5) is 5.69 Å². The lowest BCUT2D eigenvalue weighted by molar-refractivity contribution is -0.115. The lowest BCUT2D eigenvalue weighted by atomic mass is 10.1. The minimum atomic E-state index is -0.200. The number of nitrogens with zero attached hydrogens (tertiary/aromatic N) is 1. The van der Waals surface area contributed by atoms with Crippen molar-refractivity contribution >= 4 is 23.2 Å². The number of carbonyl (C=O) groups is 1. The van der Waals surface area contributed by atoms with Crippen molar-refractivity contribution in [1.82, 2.24) is 4.98 Å². The summed E-state index contributed by atoms with van der Waals surface area (Å²) in [5.74, 6) is -0.141. The van der Waals surface area contributed by atoms with Gasteiger partial charge in [0.2, 0.25) is 5.91 Å². The fraction of sp³-hybridized carbons (Fsp3) is 0.143. The molecule has 0 aliphatic rings. The van der Waals surface area contributed by atoms with Gasteiger partial charge in [-0.1, -0.05) is 17.7 Å². The van der Waals surface area contributed by atoms with Crippen LogP contribution in [0.5, 0.6) is 5.75 Å². The molecule has 0 saturated carbocycles. The number of aryl methyl sites for hydroxylation is 1. The first-order valence-electron chi connectivity index (χ1n) is 5.75. The van der Waals surface area contributed by atoms with Crippen LogP contribution in [-0.4, -0.2) is 16.0 Å². The normalized spacial score (nSPS) is 10.2. The van der Waals surface area contributed by atoms with Gasteiger partial charge in [0.1, 0.15) is 5.75 Å². The molecule has 2 rings (SSSR count). The maximum atomic E-state index is 11.9. The van der Waals surface area contributed by atoms with Crippen LogP contribution in [0.1, 0.15) is 11.3 Å². The number of phenolic OH excluding ortho intramolecular Hbond substituents is 1. The zero-order valence-corrected chi connectivity index (χ0v) is 11.1. The van der Waals surface area contributed by atoms with Crippen LogP contribution in [0, 0.1) is 6.92 Å². The van der Waals surface area contributed by atoms with Gasteiger partial charge in [0.25, 0.3) is 0 Å². The van der Waals surface area contributed by atoms with Crippen molar-refractivity contribution in [3.63, 3.8) is 0 Å². The summed E-state index contributed by atoms with van der Waals surface area (Å²) in [6.07, 6.45) is 1.84. The third kappa shape index (κ3) is 3.45. The van der Waals surface area contributed by atoms with E-state index >= 15 is 0 Å². The molecule has 0 spiro atoms. The zero-order valence-electron chi connectivity index (χ0n) is 10.4. The molecule has 0 bridgehead atoms. The van der Waals surface area contributed by atoms with Crippen LogP contribution in [-0.2, 0) is 11.2 Å². The summed E-state index contributed by atoms with van der Waals surface area (Å²) in [4.78, 5) is 16.1. The third-order valence-electron chi connectivity index (χ3n) is 2.67. The first kappa shape index (κ1) is 13.4. The van der Waals surface area contributed by atoms with E-state index < -0.39 is 0 Å². The van der Waals surface area contributed by atoms with E-state index in [-0.39, 0.29) is 18.1 Å². The molecular formula is C14H13ClN2O2. The quantitative estimate of drug-likeness (QED) is 0.847. The first-order valence-corrected chi connectivity index (χ1v) is 6.13. The molecule has 2 N–H and O–H groups in total. The van der Waals surface area contributed by atoms with Gasteiger partial charge < -0.3 is 10.4 Å². The van der Waals surface area contributed by atoms with E-state index in [0.29, 0.717) is 10.7 Å². The van der Waals surface area contributed by atoms with Crippen molar-refractivity contribution in [2.24, 2.45) is 0 Å². The molecule has 0 radical (unpaired) electrons. The minimum Gasteiger partial charge on any atom is -0.508 e. The lowest BCUT2D eigenvalue weighted by Gasteiger charge is -2.08. The zero-order chi connectivity index (χ0) is 13.8. The Labute approximate surface area is 116 Å². The highest BCUT2D eigenvalue weighted by molar-refractivity contribution is 6.33. The van der Waals surface area contributed by atoms with Gasteiger partial charge in [0.15, 0.2) is 0 Å². The van der Waals surface area contributed by atoms with Crippen LogP contribution in [0.3, 0.4) is 0 Å². The van der Waals surface area contributed by atoms with E-state index in [4.69, 9.17) is 11.6 Å². The van der Waals surface area contributed by atoms with Crippen LogP contribution in [0.25, 0.3) is 0 Å². The molecule has 19 heavy (non-hydrogen) atoms. The molecule has 5 heteroatoms. The summed E-state index contributed by atoms with van der Waals surface area (Å²) in [7, 11) is 0. The molecule has 0 atom stereocenters. The van der Waals surface area contributed by atoms with Gasteiger partial charge in [-0.15, -0.1) is 0 Å². The van der Waals surface area contributed by atoms with E-state index in [9.17, 15) is 9.90 Å². The number of aromatic nitrogens is 1. The number of rotatable bonds is 3. The fourth-order valence-corrected chi connectivity index (χ4v) is 1.88. The van der Waals surface area contributed by atoms with Crippen LogP contribution < -0.4 is 5.32 Å². The molecule has 1 aromatic heterocycles. The summed E-state index contributed by atoms with van der Waals surface area (Å²) < 4.78 is 0. The van der Waals surface area contributed by atoms with E-state index in [1.165, 1.54) is 12.1 Å². The lowest BCUT2D eigenvalue weighted by Crippen LogP contribution is -2.16. The van der Waals surface area contributed by atoms with Gasteiger partial charge in [-0.2, -0.15) is 0 Å². The largest absolute Gasteiger partial charge is 0.508 e. The Morgan fingerprint density at radius 3 is 2.89 bits per heavy atom. The predicted molar refractivity (Wildman–Crippen MR) is 74.4 cm³/mol. The monoisotopic (exact) mass is 276 g/mol. The number of pyridine rings is 1. The van der Waals surface area contributed by atoms with Gasteiger partial charge >= 0.3 is 0 Å². The SMILES string of the molecule is Cc1cccnc1CC(=O)Nc1ccc(O)cc1Cl. The van der Waals surface area contributed by atoms with Gasteiger partial charge in [0.05, 0.1) is 22.8 Å². The van der Waals surface area contributed by atoms with Crippen molar-refractivity contribution < 1.29 is 9.90 Å². The summed E-state index contributed by atoms with van der Waals surface area (Å²) in [6, 6.07) is 8.13. The highest BCUT2D eigenvalue weighted by Gasteiger charge is 2.09. The molecule has 0 saturated heterocycles. The Bertz CT molecular complexity index is 614.